The lowest BCUT2D eigenvalue weighted by Crippen LogP contribution is -2.55. The Morgan fingerprint density at radius 3 is 2.27 bits per heavy atom. The fourth-order valence-corrected chi connectivity index (χ4v) is 2.44. The van der Waals surface area contributed by atoms with E-state index < -0.39 is 29.0 Å². The number of rotatable bonds is 7. The van der Waals surface area contributed by atoms with E-state index in [-0.39, 0.29) is 17.9 Å². The van der Waals surface area contributed by atoms with Crippen LogP contribution in [0.2, 0.25) is 0 Å². The second-order valence-electron chi connectivity index (χ2n) is 7.14. The first kappa shape index (κ1) is 21.7. The molecule has 0 aliphatic carbocycles. The summed E-state index contributed by atoms with van der Waals surface area (Å²) in [6.07, 6.45) is 0.590. The monoisotopic (exact) mass is 368 g/mol. The molecule has 0 saturated heterocycles. The van der Waals surface area contributed by atoms with Gasteiger partial charge in [-0.25, -0.2) is 9.18 Å². The molecule has 0 bridgehead atoms. The number of nitrogens with one attached hydrogen (secondary N) is 2. The molecule has 0 atom stereocenters. The largest absolute Gasteiger partial charge is 0.496 e. The van der Waals surface area contributed by atoms with E-state index in [0.717, 1.165) is 6.07 Å². The average molecular weight is 368 g/mol. The Balaban J connectivity index is 2.91. The lowest BCUT2D eigenvalue weighted by molar-refractivity contribution is 0.0501. The predicted octanol–water partition coefficient (Wildman–Crippen LogP) is 3.65. The first-order chi connectivity index (χ1) is 12.1. The summed E-state index contributed by atoms with van der Waals surface area (Å²) in [4.78, 5) is 24.6. The summed E-state index contributed by atoms with van der Waals surface area (Å²) in [7, 11) is 1.42. The van der Waals surface area contributed by atoms with Crippen LogP contribution in [0.25, 0.3) is 0 Å². The van der Waals surface area contributed by atoms with Crippen LogP contribution >= 0.6 is 0 Å². The highest BCUT2D eigenvalue weighted by Gasteiger charge is 2.31. The van der Waals surface area contributed by atoms with Crippen LogP contribution < -0.4 is 15.4 Å². The molecule has 0 radical (unpaired) electrons. The zero-order valence-electron chi connectivity index (χ0n) is 16.4. The number of amides is 2. The molecule has 1 aromatic rings. The van der Waals surface area contributed by atoms with E-state index in [2.05, 4.69) is 10.6 Å². The Morgan fingerprint density at radius 1 is 1.15 bits per heavy atom. The Kier molecular flexibility index (Phi) is 7.41. The van der Waals surface area contributed by atoms with E-state index in [1.807, 2.05) is 13.8 Å². The topological polar surface area (TPSA) is 76.7 Å². The number of carbonyl (C=O) groups excluding carboxylic acids is 2. The molecule has 1 rings (SSSR count). The van der Waals surface area contributed by atoms with Gasteiger partial charge in [0.15, 0.2) is 0 Å². The fraction of sp³-hybridized carbons (Fsp3) is 0.579. The van der Waals surface area contributed by atoms with Crippen LogP contribution in [-0.2, 0) is 4.74 Å². The molecule has 7 heteroatoms. The molecule has 2 amide bonds. The first-order valence-corrected chi connectivity index (χ1v) is 8.68. The van der Waals surface area contributed by atoms with Crippen LogP contribution in [-0.4, -0.2) is 36.8 Å². The minimum Gasteiger partial charge on any atom is -0.496 e. The smallest absolute Gasteiger partial charge is 0.407 e. The van der Waals surface area contributed by atoms with E-state index in [0.29, 0.717) is 12.8 Å². The molecule has 26 heavy (non-hydrogen) atoms. The third-order valence-corrected chi connectivity index (χ3v) is 4.11. The van der Waals surface area contributed by atoms with Crippen molar-refractivity contribution < 1.29 is 23.5 Å². The highest BCUT2D eigenvalue weighted by atomic mass is 19.1. The van der Waals surface area contributed by atoms with Crippen LogP contribution in [0.15, 0.2) is 18.2 Å². The summed E-state index contributed by atoms with van der Waals surface area (Å²) in [5, 5.41) is 5.61. The lowest BCUT2D eigenvalue weighted by Gasteiger charge is -2.33. The number of hydrogen-bond acceptors (Lipinski definition) is 4. The number of ether oxygens (including phenoxy) is 2. The Morgan fingerprint density at radius 2 is 1.77 bits per heavy atom. The number of carbonyl (C=O) groups is 2. The highest BCUT2D eigenvalue weighted by molar-refractivity contribution is 5.97. The zero-order valence-corrected chi connectivity index (χ0v) is 16.4. The molecular weight excluding hydrogens is 339 g/mol. The van der Waals surface area contributed by atoms with Gasteiger partial charge in [0.2, 0.25) is 0 Å². The van der Waals surface area contributed by atoms with Crippen molar-refractivity contribution in [1.82, 2.24) is 10.6 Å². The lowest BCUT2D eigenvalue weighted by atomic mass is 9.92. The molecule has 2 N–H and O–H groups in total. The molecular formula is C19H29FN2O4. The van der Waals surface area contributed by atoms with Crippen LogP contribution in [0, 0.1) is 5.82 Å². The summed E-state index contributed by atoms with van der Waals surface area (Å²) in [5.74, 6) is -0.706. The molecule has 0 unspecified atom stereocenters. The zero-order chi connectivity index (χ0) is 20.0. The molecule has 0 fully saturated rings. The Labute approximate surface area is 154 Å². The van der Waals surface area contributed by atoms with E-state index >= 15 is 0 Å². The van der Waals surface area contributed by atoms with Gasteiger partial charge in [0.05, 0.1) is 18.2 Å². The maximum Gasteiger partial charge on any atom is 0.407 e. The van der Waals surface area contributed by atoms with E-state index in [9.17, 15) is 14.0 Å². The first-order valence-electron chi connectivity index (χ1n) is 8.68. The number of methoxy groups -OCH3 is 1. The third-order valence-electron chi connectivity index (χ3n) is 4.11. The van der Waals surface area contributed by atoms with E-state index in [4.69, 9.17) is 9.47 Å². The molecule has 0 aromatic heterocycles. The van der Waals surface area contributed by atoms with Crippen molar-refractivity contribution in [3.05, 3.63) is 29.6 Å². The maximum atomic E-state index is 13.5. The van der Waals surface area contributed by atoms with Crippen LogP contribution in [0.5, 0.6) is 5.75 Å². The normalized spacial score (nSPS) is 11.7. The molecule has 146 valence electrons. The van der Waals surface area contributed by atoms with Crippen molar-refractivity contribution in [3.8, 4) is 5.75 Å². The minimum absolute atomic E-state index is 0.107. The standard InChI is InChI=1S/C19H29FN2O4/c1-7-19(8-2,12-21-17(24)26-18(3,4)5)22-16(23)14-11-13(20)9-10-15(14)25-6/h9-11H,7-8,12H2,1-6H3,(H,21,24)(H,22,23). The number of halogens is 1. The van der Waals surface area contributed by atoms with Crippen LogP contribution in [0.3, 0.4) is 0 Å². The summed E-state index contributed by atoms with van der Waals surface area (Å²) < 4.78 is 23.9. The van der Waals surface area contributed by atoms with Gasteiger partial charge in [0, 0.05) is 6.54 Å². The van der Waals surface area contributed by atoms with Gasteiger partial charge in [-0.15, -0.1) is 0 Å². The SMILES string of the molecule is CCC(CC)(CNC(=O)OC(C)(C)C)NC(=O)c1cc(F)ccc1OC. The van der Waals surface area contributed by atoms with Gasteiger partial charge in [-0.2, -0.15) is 0 Å². The number of hydrogen-bond donors (Lipinski definition) is 2. The maximum absolute atomic E-state index is 13.5. The predicted molar refractivity (Wildman–Crippen MR) is 98.0 cm³/mol. The van der Waals surface area contributed by atoms with E-state index in [1.54, 1.807) is 20.8 Å². The van der Waals surface area contributed by atoms with Crippen molar-refractivity contribution in [2.75, 3.05) is 13.7 Å². The van der Waals surface area contributed by atoms with Gasteiger partial charge >= 0.3 is 6.09 Å². The number of alkyl carbamates (subject to hydrolysis) is 1. The summed E-state index contributed by atoms with van der Waals surface area (Å²) >= 11 is 0. The minimum atomic E-state index is -0.689. The van der Waals surface area contributed by atoms with Gasteiger partial charge in [0.25, 0.3) is 5.91 Å². The second kappa shape index (κ2) is 8.87. The van der Waals surface area contributed by atoms with Crippen molar-refractivity contribution in [2.24, 2.45) is 0 Å². The van der Waals surface area contributed by atoms with Crippen molar-refractivity contribution >= 4 is 12.0 Å². The van der Waals surface area contributed by atoms with Gasteiger partial charge in [-0.1, -0.05) is 13.8 Å². The highest BCUT2D eigenvalue weighted by Crippen LogP contribution is 2.22. The van der Waals surface area contributed by atoms with Gasteiger partial charge < -0.3 is 20.1 Å². The Hall–Kier alpha value is -2.31. The Bertz CT molecular complexity index is 637. The van der Waals surface area contributed by atoms with Gasteiger partial charge in [-0.3, -0.25) is 4.79 Å². The van der Waals surface area contributed by atoms with Crippen molar-refractivity contribution in [3.63, 3.8) is 0 Å². The summed E-state index contributed by atoms with van der Waals surface area (Å²) in [6.45, 7) is 9.33. The summed E-state index contributed by atoms with van der Waals surface area (Å²) in [5.41, 5.74) is -1.19. The molecule has 0 aliphatic rings. The third kappa shape index (κ3) is 6.20. The second-order valence-corrected chi connectivity index (χ2v) is 7.14. The quantitative estimate of drug-likeness (QED) is 0.770. The molecule has 0 aliphatic heterocycles. The fourth-order valence-electron chi connectivity index (χ4n) is 2.44. The van der Waals surface area contributed by atoms with Crippen LogP contribution in [0.4, 0.5) is 9.18 Å². The van der Waals surface area contributed by atoms with Gasteiger partial charge in [-0.05, 0) is 51.8 Å². The number of benzene rings is 1. The van der Waals surface area contributed by atoms with Crippen LogP contribution in [0.1, 0.15) is 57.8 Å². The molecule has 0 saturated carbocycles. The van der Waals surface area contributed by atoms with Crippen molar-refractivity contribution in [1.29, 1.82) is 0 Å². The molecule has 0 spiro atoms. The summed E-state index contributed by atoms with van der Waals surface area (Å²) in [6, 6.07) is 3.76. The van der Waals surface area contributed by atoms with Gasteiger partial charge in [0.1, 0.15) is 17.2 Å². The van der Waals surface area contributed by atoms with E-state index in [1.165, 1.54) is 19.2 Å². The molecule has 6 nitrogen and oxygen atoms in total. The average Bonchev–Trinajstić information content (AvgIpc) is 2.57. The van der Waals surface area contributed by atoms with Crippen molar-refractivity contribution in [2.45, 2.75) is 58.6 Å². The molecule has 1 aromatic carbocycles. The molecule has 0 heterocycles.